The third-order valence-corrected chi connectivity index (χ3v) is 2.44. The van der Waals surface area contributed by atoms with Crippen molar-refractivity contribution >= 4 is 54.2 Å². The predicted molar refractivity (Wildman–Crippen MR) is 77.4 cm³/mol. The second-order valence-electron chi connectivity index (χ2n) is 3.09. The molecule has 0 spiro atoms. The van der Waals surface area contributed by atoms with Gasteiger partial charge in [-0.25, -0.2) is 4.57 Å². The molecule has 0 aliphatic carbocycles. The SMILES string of the molecule is C#CC(O)(/C=C/Cl)CC.O=P(O)(O)OCC(Cl)(Cl)Cl. The van der Waals surface area contributed by atoms with Crippen LogP contribution in [0.3, 0.4) is 0 Å². The molecular formula is C9H13Cl4O5P. The first-order valence-electron chi connectivity index (χ1n) is 4.64. The van der Waals surface area contributed by atoms with E-state index in [1.807, 2.05) is 0 Å². The molecule has 0 aromatic carbocycles. The van der Waals surface area contributed by atoms with Gasteiger partial charge < -0.3 is 14.9 Å². The van der Waals surface area contributed by atoms with E-state index >= 15 is 0 Å². The minimum Gasteiger partial charge on any atom is -0.374 e. The van der Waals surface area contributed by atoms with Gasteiger partial charge >= 0.3 is 7.82 Å². The molecule has 5 nitrogen and oxygen atoms in total. The molecule has 0 amide bonds. The Kier molecular flexibility index (Phi) is 10.9. The fraction of sp³-hybridized carbons (Fsp3) is 0.556. The molecule has 0 heterocycles. The maximum absolute atomic E-state index is 9.97. The lowest BCUT2D eigenvalue weighted by Crippen LogP contribution is -2.20. The lowest BCUT2D eigenvalue weighted by molar-refractivity contribution is 0.149. The van der Waals surface area contributed by atoms with E-state index in [4.69, 9.17) is 62.6 Å². The molecule has 0 saturated carbocycles. The Labute approximate surface area is 131 Å². The summed E-state index contributed by atoms with van der Waals surface area (Å²) in [5.74, 6) is 2.21. The first-order chi connectivity index (χ1) is 8.39. The number of aliphatic hydroxyl groups is 1. The second-order valence-corrected chi connectivity index (χ2v) is 7.10. The smallest absolute Gasteiger partial charge is 0.374 e. The molecule has 0 aliphatic rings. The summed E-state index contributed by atoms with van der Waals surface area (Å²) in [6, 6.07) is 0. The summed E-state index contributed by atoms with van der Waals surface area (Å²) in [5.41, 5.74) is 0.0745. The van der Waals surface area contributed by atoms with Crippen LogP contribution in [-0.2, 0) is 9.09 Å². The molecule has 10 heteroatoms. The van der Waals surface area contributed by atoms with Crippen LogP contribution < -0.4 is 0 Å². The molecule has 0 saturated heterocycles. The fourth-order valence-electron chi connectivity index (χ4n) is 0.530. The van der Waals surface area contributed by atoms with Gasteiger partial charge in [0.15, 0.2) is 0 Å². The molecular weight excluding hydrogens is 361 g/mol. The lowest BCUT2D eigenvalue weighted by Gasteiger charge is -2.12. The summed E-state index contributed by atoms with van der Waals surface area (Å²) in [6.45, 7) is 1.15. The maximum Gasteiger partial charge on any atom is 0.469 e. The van der Waals surface area contributed by atoms with Crippen LogP contribution >= 0.6 is 54.2 Å². The van der Waals surface area contributed by atoms with Crippen LogP contribution in [0, 0.1) is 12.3 Å². The van der Waals surface area contributed by atoms with Crippen LogP contribution in [0.5, 0.6) is 0 Å². The Balaban J connectivity index is 0. The van der Waals surface area contributed by atoms with Crippen molar-refractivity contribution in [3.05, 3.63) is 11.6 Å². The average molecular weight is 374 g/mol. The highest BCUT2D eigenvalue weighted by molar-refractivity contribution is 7.46. The second kappa shape index (κ2) is 9.46. The largest absolute Gasteiger partial charge is 0.469 e. The van der Waals surface area contributed by atoms with E-state index < -0.39 is 23.8 Å². The van der Waals surface area contributed by atoms with E-state index in [9.17, 15) is 9.67 Å². The van der Waals surface area contributed by atoms with E-state index in [2.05, 4.69) is 10.4 Å². The molecule has 0 bridgehead atoms. The van der Waals surface area contributed by atoms with Gasteiger partial charge in [-0.2, -0.15) is 0 Å². The molecule has 3 N–H and O–H groups in total. The van der Waals surface area contributed by atoms with Crippen LogP contribution in [0.15, 0.2) is 11.6 Å². The van der Waals surface area contributed by atoms with Gasteiger partial charge in [0.25, 0.3) is 0 Å². The van der Waals surface area contributed by atoms with Gasteiger partial charge in [0.2, 0.25) is 3.79 Å². The third kappa shape index (κ3) is 16.5. The van der Waals surface area contributed by atoms with Crippen molar-refractivity contribution in [1.29, 1.82) is 0 Å². The Morgan fingerprint density at radius 2 is 1.89 bits per heavy atom. The first kappa shape index (κ1) is 21.8. The van der Waals surface area contributed by atoms with Crippen LogP contribution in [0.25, 0.3) is 0 Å². The highest BCUT2D eigenvalue weighted by Crippen LogP contribution is 2.39. The van der Waals surface area contributed by atoms with Crippen molar-refractivity contribution in [1.82, 2.24) is 0 Å². The number of phosphoric acid groups is 1. The Morgan fingerprint density at radius 3 is 2.00 bits per heavy atom. The molecule has 0 aliphatic heterocycles. The van der Waals surface area contributed by atoms with Gasteiger partial charge in [-0.05, 0) is 12.5 Å². The Hall–Kier alpha value is 0.530. The molecule has 0 fully saturated rings. The summed E-state index contributed by atoms with van der Waals surface area (Å²) < 4.78 is 12.0. The van der Waals surface area contributed by atoms with Crippen molar-refractivity contribution in [3.63, 3.8) is 0 Å². The highest BCUT2D eigenvalue weighted by Gasteiger charge is 2.25. The number of phosphoric ester groups is 1. The molecule has 112 valence electrons. The average Bonchev–Trinajstić information content (AvgIpc) is 2.26. The van der Waals surface area contributed by atoms with Gasteiger partial charge in [0, 0.05) is 5.54 Å². The lowest BCUT2D eigenvalue weighted by atomic mass is 10.0. The summed E-state index contributed by atoms with van der Waals surface area (Å²) >= 11 is 20.5. The summed E-state index contributed by atoms with van der Waals surface area (Å²) in [7, 11) is -4.52. The number of halogens is 4. The van der Waals surface area contributed by atoms with Gasteiger partial charge in [0.1, 0.15) is 12.2 Å². The first-order valence-corrected chi connectivity index (χ1v) is 7.74. The number of hydrogen-bond acceptors (Lipinski definition) is 3. The van der Waals surface area contributed by atoms with Crippen LogP contribution in [0.4, 0.5) is 0 Å². The zero-order valence-corrected chi connectivity index (χ0v) is 13.7. The number of alkyl halides is 3. The van der Waals surface area contributed by atoms with Crippen LogP contribution in [0.1, 0.15) is 13.3 Å². The number of terminal acetylenes is 1. The minimum absolute atomic E-state index is 0.479. The Morgan fingerprint density at radius 1 is 1.42 bits per heavy atom. The van der Waals surface area contributed by atoms with Crippen LogP contribution in [0.2, 0.25) is 0 Å². The van der Waals surface area contributed by atoms with Gasteiger partial charge in [-0.15, -0.1) is 6.42 Å². The topological polar surface area (TPSA) is 87.0 Å². The van der Waals surface area contributed by atoms with E-state index in [-0.39, 0.29) is 0 Å². The number of hydrogen-bond donors (Lipinski definition) is 3. The van der Waals surface area contributed by atoms with Gasteiger partial charge in [-0.3, -0.25) is 4.52 Å². The van der Waals surface area contributed by atoms with E-state index in [1.165, 1.54) is 11.6 Å². The Bertz CT molecular complexity index is 370. The monoisotopic (exact) mass is 372 g/mol. The fourth-order valence-corrected chi connectivity index (χ4v) is 1.49. The molecule has 0 radical (unpaired) electrons. The van der Waals surface area contributed by atoms with Crippen molar-refractivity contribution < 1.29 is 24.0 Å². The zero-order valence-electron chi connectivity index (χ0n) is 9.76. The highest BCUT2D eigenvalue weighted by atomic mass is 35.6. The molecule has 0 aromatic rings. The van der Waals surface area contributed by atoms with Gasteiger partial charge in [0.05, 0.1) is 0 Å². The standard InChI is InChI=1S/C7H9ClO.C2H4Cl3O4P/c1-3-7(9,4-2)5-6-8;3-2(4,5)1-9-10(6,7)8/h1,5-6,9H,4H2,2H3;1H2,(H2,6,7,8)/b6-5+;. The number of rotatable bonds is 4. The van der Waals surface area contributed by atoms with Crippen molar-refractivity contribution in [2.24, 2.45) is 0 Å². The maximum atomic E-state index is 9.97. The molecule has 1 unspecified atom stereocenters. The predicted octanol–water partition coefficient (Wildman–Crippen LogP) is 2.98. The summed E-state index contributed by atoms with van der Waals surface area (Å²) in [5, 5.41) is 9.22. The molecule has 1 atom stereocenters. The molecule has 19 heavy (non-hydrogen) atoms. The van der Waals surface area contributed by atoms with Crippen molar-refractivity contribution in [3.8, 4) is 12.3 Å². The van der Waals surface area contributed by atoms with Gasteiger partial charge in [-0.1, -0.05) is 59.2 Å². The van der Waals surface area contributed by atoms with E-state index in [1.54, 1.807) is 6.92 Å². The van der Waals surface area contributed by atoms with Crippen molar-refractivity contribution in [2.45, 2.75) is 22.7 Å². The van der Waals surface area contributed by atoms with E-state index in [0.717, 1.165) is 0 Å². The normalized spacial score (nSPS) is 15.3. The van der Waals surface area contributed by atoms with Crippen LogP contribution in [-0.4, -0.2) is 30.9 Å². The molecule has 0 aromatic heterocycles. The molecule has 0 rings (SSSR count). The van der Waals surface area contributed by atoms with Crippen molar-refractivity contribution in [2.75, 3.05) is 6.61 Å². The summed E-state index contributed by atoms with van der Waals surface area (Å²) in [4.78, 5) is 16.2. The minimum atomic E-state index is -4.52. The quantitative estimate of drug-likeness (QED) is 0.400. The third-order valence-electron chi connectivity index (χ3n) is 1.52. The summed E-state index contributed by atoms with van der Waals surface area (Å²) in [6.07, 6.45) is 6.86. The zero-order chi connectivity index (χ0) is 15.7. The van der Waals surface area contributed by atoms with E-state index in [0.29, 0.717) is 6.42 Å².